The van der Waals surface area contributed by atoms with Crippen molar-refractivity contribution in [3.63, 3.8) is 0 Å². The minimum Gasteiger partial charge on any atom is -0.493 e. The molecular weight excluding hydrogens is 340 g/mol. The van der Waals surface area contributed by atoms with E-state index in [4.69, 9.17) is 4.74 Å². The fourth-order valence-corrected chi connectivity index (χ4v) is 3.84. The van der Waals surface area contributed by atoms with Crippen molar-refractivity contribution in [2.45, 2.75) is 79.1 Å². The summed E-state index contributed by atoms with van der Waals surface area (Å²) in [6.07, 6.45) is 7.51. The van der Waals surface area contributed by atoms with Gasteiger partial charge in [0.1, 0.15) is 5.75 Å². The first-order valence-corrected chi connectivity index (χ1v) is 10.4. The van der Waals surface area contributed by atoms with Gasteiger partial charge < -0.3 is 9.84 Å². The third-order valence-corrected chi connectivity index (χ3v) is 5.64. The standard InChI is InChI=1S/C23H34O4/c1-5-7-8-9-10-17-13-18-15-23(3,4)21(24)19(18)14-20(17)27-12-11-16(6-2)22(25)26/h13-14,16H,5-12,15H2,1-4H3,(H,25,26). The fraction of sp³-hybridized carbons (Fsp3) is 0.652. The zero-order chi connectivity index (χ0) is 20.0. The number of carbonyl (C=O) groups excluding carboxylic acids is 1. The number of carbonyl (C=O) groups is 2. The van der Waals surface area contributed by atoms with Crippen LogP contribution in [0.15, 0.2) is 12.1 Å². The van der Waals surface area contributed by atoms with Gasteiger partial charge in [-0.3, -0.25) is 9.59 Å². The lowest BCUT2D eigenvalue weighted by atomic mass is 9.89. The molecule has 0 amide bonds. The Bertz CT molecular complexity index is 675. The lowest BCUT2D eigenvalue weighted by Crippen LogP contribution is -2.19. The van der Waals surface area contributed by atoms with Crippen molar-refractivity contribution < 1.29 is 19.4 Å². The van der Waals surface area contributed by atoms with E-state index < -0.39 is 5.97 Å². The Morgan fingerprint density at radius 1 is 1.22 bits per heavy atom. The molecule has 1 unspecified atom stereocenters. The van der Waals surface area contributed by atoms with Gasteiger partial charge in [0.05, 0.1) is 12.5 Å². The summed E-state index contributed by atoms with van der Waals surface area (Å²) in [6.45, 7) is 8.44. The highest BCUT2D eigenvalue weighted by atomic mass is 16.5. The van der Waals surface area contributed by atoms with Crippen molar-refractivity contribution in [2.24, 2.45) is 11.3 Å². The van der Waals surface area contributed by atoms with Crippen LogP contribution in [0.25, 0.3) is 0 Å². The number of benzene rings is 1. The Morgan fingerprint density at radius 3 is 2.59 bits per heavy atom. The molecule has 0 bridgehead atoms. The van der Waals surface area contributed by atoms with E-state index in [1.807, 2.05) is 26.8 Å². The van der Waals surface area contributed by atoms with Crippen LogP contribution in [0.4, 0.5) is 0 Å². The third-order valence-electron chi connectivity index (χ3n) is 5.64. The van der Waals surface area contributed by atoms with Crippen LogP contribution >= 0.6 is 0 Å². The summed E-state index contributed by atoms with van der Waals surface area (Å²) in [5, 5.41) is 9.21. The molecule has 0 saturated heterocycles. The quantitative estimate of drug-likeness (QED) is 0.523. The minimum absolute atomic E-state index is 0.178. The molecule has 1 aliphatic carbocycles. The molecule has 2 rings (SSSR count). The summed E-state index contributed by atoms with van der Waals surface area (Å²) in [6, 6.07) is 4.06. The van der Waals surface area contributed by atoms with Crippen LogP contribution < -0.4 is 4.74 Å². The van der Waals surface area contributed by atoms with E-state index in [9.17, 15) is 14.7 Å². The number of carboxylic acid groups (broad SMARTS) is 1. The minimum atomic E-state index is -0.772. The van der Waals surface area contributed by atoms with E-state index >= 15 is 0 Å². The number of aryl methyl sites for hydroxylation is 1. The van der Waals surface area contributed by atoms with Crippen LogP contribution in [0, 0.1) is 11.3 Å². The predicted octanol–water partition coefficient (Wildman–Crippen LogP) is 5.45. The Hall–Kier alpha value is -1.84. The van der Waals surface area contributed by atoms with Gasteiger partial charge in [0, 0.05) is 11.0 Å². The molecule has 1 aromatic rings. The Kier molecular flexibility index (Phi) is 7.46. The highest BCUT2D eigenvalue weighted by molar-refractivity contribution is 6.04. The molecule has 0 spiro atoms. The Labute approximate surface area is 163 Å². The zero-order valence-corrected chi connectivity index (χ0v) is 17.3. The van der Waals surface area contributed by atoms with E-state index in [0.29, 0.717) is 19.4 Å². The zero-order valence-electron chi connectivity index (χ0n) is 17.3. The summed E-state index contributed by atoms with van der Waals surface area (Å²) in [5.41, 5.74) is 2.70. The average Bonchev–Trinajstić information content (AvgIpc) is 2.84. The van der Waals surface area contributed by atoms with Gasteiger partial charge in [-0.15, -0.1) is 0 Å². The third kappa shape index (κ3) is 5.33. The average molecular weight is 375 g/mol. The largest absolute Gasteiger partial charge is 0.493 e. The van der Waals surface area contributed by atoms with Crippen molar-refractivity contribution >= 4 is 11.8 Å². The Balaban J connectivity index is 2.16. The SMILES string of the molecule is CCCCCCc1cc2c(cc1OCCC(CC)C(=O)O)C(=O)C(C)(C)C2. The maximum atomic E-state index is 12.7. The smallest absolute Gasteiger partial charge is 0.306 e. The van der Waals surface area contributed by atoms with Crippen molar-refractivity contribution in [2.75, 3.05) is 6.61 Å². The number of hydrogen-bond acceptors (Lipinski definition) is 3. The molecule has 1 N–H and O–H groups in total. The molecule has 1 aliphatic rings. The molecular formula is C23H34O4. The number of Topliss-reactive ketones (excluding diaryl/α,β-unsaturated/α-hetero) is 1. The number of aliphatic carboxylic acids is 1. The second-order valence-corrected chi connectivity index (χ2v) is 8.40. The maximum Gasteiger partial charge on any atom is 0.306 e. The monoisotopic (exact) mass is 374 g/mol. The van der Waals surface area contributed by atoms with E-state index in [-0.39, 0.29) is 17.1 Å². The number of ether oxygens (including phenoxy) is 1. The summed E-state index contributed by atoms with van der Waals surface area (Å²) < 4.78 is 6.00. The van der Waals surface area contributed by atoms with Crippen LogP contribution in [-0.2, 0) is 17.6 Å². The van der Waals surface area contributed by atoms with Crippen molar-refractivity contribution in [1.82, 2.24) is 0 Å². The molecule has 1 aromatic carbocycles. The van der Waals surface area contributed by atoms with E-state index in [1.54, 1.807) is 0 Å². The molecule has 1 atom stereocenters. The Morgan fingerprint density at radius 2 is 1.96 bits per heavy atom. The van der Waals surface area contributed by atoms with Crippen molar-refractivity contribution in [3.05, 3.63) is 28.8 Å². The van der Waals surface area contributed by atoms with Gasteiger partial charge in [-0.05, 0) is 49.3 Å². The first-order valence-electron chi connectivity index (χ1n) is 10.4. The highest BCUT2D eigenvalue weighted by Crippen LogP contribution is 2.39. The molecule has 0 heterocycles. The van der Waals surface area contributed by atoms with Gasteiger partial charge >= 0.3 is 5.97 Å². The number of ketones is 1. The molecule has 27 heavy (non-hydrogen) atoms. The summed E-state index contributed by atoms with van der Waals surface area (Å²) in [5.74, 6) is -0.215. The first kappa shape index (κ1) is 21.5. The molecule has 0 radical (unpaired) electrons. The molecule has 0 fully saturated rings. The number of carboxylic acids is 1. The molecule has 0 aromatic heterocycles. The van der Waals surface area contributed by atoms with E-state index in [1.165, 1.54) is 19.3 Å². The van der Waals surface area contributed by atoms with Gasteiger partial charge in [-0.25, -0.2) is 0 Å². The van der Waals surface area contributed by atoms with Gasteiger partial charge in [0.2, 0.25) is 0 Å². The van der Waals surface area contributed by atoms with Crippen LogP contribution in [0.2, 0.25) is 0 Å². The highest BCUT2D eigenvalue weighted by Gasteiger charge is 2.38. The van der Waals surface area contributed by atoms with Crippen LogP contribution in [-0.4, -0.2) is 23.5 Å². The number of rotatable bonds is 11. The van der Waals surface area contributed by atoms with E-state index in [0.717, 1.165) is 41.7 Å². The van der Waals surface area contributed by atoms with Gasteiger partial charge in [0.15, 0.2) is 5.78 Å². The summed E-state index contributed by atoms with van der Waals surface area (Å²) in [7, 11) is 0. The molecule has 150 valence electrons. The summed E-state index contributed by atoms with van der Waals surface area (Å²) in [4.78, 5) is 23.9. The lowest BCUT2D eigenvalue weighted by Gasteiger charge is -2.15. The van der Waals surface area contributed by atoms with Crippen LogP contribution in [0.5, 0.6) is 5.75 Å². The van der Waals surface area contributed by atoms with E-state index in [2.05, 4.69) is 13.0 Å². The topological polar surface area (TPSA) is 63.6 Å². The van der Waals surface area contributed by atoms with Gasteiger partial charge in [-0.2, -0.15) is 0 Å². The number of hydrogen-bond donors (Lipinski definition) is 1. The van der Waals surface area contributed by atoms with Crippen molar-refractivity contribution in [1.29, 1.82) is 0 Å². The molecule has 4 nitrogen and oxygen atoms in total. The van der Waals surface area contributed by atoms with Gasteiger partial charge in [-0.1, -0.05) is 53.0 Å². The predicted molar refractivity (Wildman–Crippen MR) is 108 cm³/mol. The molecule has 0 aliphatic heterocycles. The van der Waals surface area contributed by atoms with Crippen molar-refractivity contribution in [3.8, 4) is 5.75 Å². The second kappa shape index (κ2) is 9.38. The summed E-state index contributed by atoms with van der Waals surface area (Å²) >= 11 is 0. The first-order chi connectivity index (χ1) is 12.8. The van der Waals surface area contributed by atoms with Crippen LogP contribution in [0.3, 0.4) is 0 Å². The lowest BCUT2D eigenvalue weighted by molar-refractivity contribution is -0.142. The maximum absolute atomic E-state index is 12.7. The van der Waals surface area contributed by atoms with Gasteiger partial charge in [0.25, 0.3) is 0 Å². The second-order valence-electron chi connectivity index (χ2n) is 8.40. The molecule has 4 heteroatoms. The van der Waals surface area contributed by atoms with Crippen LogP contribution in [0.1, 0.15) is 87.7 Å². The number of fused-ring (bicyclic) bond motifs is 1. The fourth-order valence-electron chi connectivity index (χ4n) is 3.84. The normalized spacial score (nSPS) is 16.2. The number of unbranched alkanes of at least 4 members (excludes halogenated alkanes) is 3. The molecule has 0 saturated carbocycles.